The van der Waals surface area contributed by atoms with Crippen LogP contribution >= 0.6 is 0 Å². The first-order valence-electron chi connectivity index (χ1n) is 8.37. The maximum Gasteiger partial charge on any atom is 0.315 e. The summed E-state index contributed by atoms with van der Waals surface area (Å²) in [6.07, 6.45) is 4.60. The minimum atomic E-state index is -0.218. The summed E-state index contributed by atoms with van der Waals surface area (Å²) in [4.78, 5) is 12.3. The molecule has 2 atom stereocenters. The van der Waals surface area contributed by atoms with Gasteiger partial charge in [-0.25, -0.2) is 4.79 Å². The van der Waals surface area contributed by atoms with Crippen molar-refractivity contribution in [3.63, 3.8) is 0 Å². The molecule has 3 N–H and O–H groups in total. The molecule has 7 heteroatoms. The Morgan fingerprint density at radius 1 is 1.54 bits per heavy atom. The van der Waals surface area contributed by atoms with Gasteiger partial charge in [0, 0.05) is 11.3 Å². The van der Waals surface area contributed by atoms with Crippen LogP contribution in [0.2, 0.25) is 0 Å². The lowest BCUT2D eigenvalue weighted by Crippen LogP contribution is -2.40. The van der Waals surface area contributed by atoms with Gasteiger partial charge in [-0.2, -0.15) is 5.10 Å². The van der Waals surface area contributed by atoms with Crippen LogP contribution in [0.15, 0.2) is 22.7 Å². The van der Waals surface area contributed by atoms with Crippen molar-refractivity contribution in [2.45, 2.75) is 51.7 Å². The molecule has 7 nitrogen and oxygen atoms in total. The lowest BCUT2D eigenvalue weighted by molar-refractivity contribution is 0.230. The standard InChI is InChI=1S/C17H24N4O3/c1-11-6-7-16(24-11)12(2)19-17(23)20-14-4-3-5-15-13(14)10-18-21(15)8-9-22/h6-7,10,12,14,22H,3-5,8-9H2,1-2H3,(H2,19,20,23)/t12-,14-/m1/s1. The maximum atomic E-state index is 12.3. The number of fused-ring (bicyclic) bond motifs is 1. The number of rotatable bonds is 5. The van der Waals surface area contributed by atoms with E-state index in [4.69, 9.17) is 9.52 Å². The van der Waals surface area contributed by atoms with Crippen molar-refractivity contribution < 1.29 is 14.3 Å². The number of amides is 2. The molecular formula is C17H24N4O3. The SMILES string of the molecule is Cc1ccc([C@@H](C)NC(=O)N[C@@H]2CCCc3c2cnn3CCO)o1. The minimum Gasteiger partial charge on any atom is -0.464 e. The van der Waals surface area contributed by atoms with E-state index in [1.54, 1.807) is 6.20 Å². The van der Waals surface area contributed by atoms with Crippen LogP contribution in [0.3, 0.4) is 0 Å². The normalized spacial score (nSPS) is 18.0. The van der Waals surface area contributed by atoms with E-state index in [1.807, 2.05) is 30.7 Å². The summed E-state index contributed by atoms with van der Waals surface area (Å²) in [5.74, 6) is 1.56. The fourth-order valence-corrected chi connectivity index (χ4v) is 3.21. The first-order chi connectivity index (χ1) is 11.6. The smallest absolute Gasteiger partial charge is 0.315 e. The second kappa shape index (κ2) is 7.09. The molecule has 0 fully saturated rings. The molecule has 0 spiro atoms. The topological polar surface area (TPSA) is 92.3 Å². The zero-order valence-corrected chi connectivity index (χ0v) is 14.1. The number of aliphatic hydroxyl groups excluding tert-OH is 1. The van der Waals surface area contributed by atoms with Crippen LogP contribution in [0.4, 0.5) is 4.79 Å². The van der Waals surface area contributed by atoms with Gasteiger partial charge >= 0.3 is 6.03 Å². The summed E-state index contributed by atoms with van der Waals surface area (Å²) in [5, 5.41) is 19.4. The van der Waals surface area contributed by atoms with Crippen molar-refractivity contribution >= 4 is 6.03 Å². The number of carbonyl (C=O) groups is 1. The van der Waals surface area contributed by atoms with Gasteiger partial charge in [0.25, 0.3) is 0 Å². The third kappa shape index (κ3) is 3.46. The minimum absolute atomic E-state index is 0.0493. The molecule has 1 aliphatic rings. The molecule has 2 amide bonds. The maximum absolute atomic E-state index is 12.3. The van der Waals surface area contributed by atoms with E-state index in [2.05, 4.69) is 15.7 Å². The number of aliphatic hydroxyl groups is 1. The highest BCUT2D eigenvalue weighted by Gasteiger charge is 2.26. The van der Waals surface area contributed by atoms with Crippen LogP contribution in [0.25, 0.3) is 0 Å². The quantitative estimate of drug-likeness (QED) is 0.783. The van der Waals surface area contributed by atoms with Gasteiger partial charge in [0.05, 0.1) is 31.4 Å². The van der Waals surface area contributed by atoms with E-state index in [0.717, 1.165) is 42.0 Å². The lowest BCUT2D eigenvalue weighted by Gasteiger charge is -2.25. The molecule has 24 heavy (non-hydrogen) atoms. The Balaban J connectivity index is 1.63. The second-order valence-corrected chi connectivity index (χ2v) is 6.23. The number of urea groups is 1. The Labute approximate surface area is 141 Å². The Hall–Kier alpha value is -2.28. The van der Waals surface area contributed by atoms with E-state index in [-0.39, 0.29) is 24.7 Å². The number of aryl methyl sites for hydroxylation is 1. The highest BCUT2D eigenvalue weighted by molar-refractivity contribution is 5.75. The number of hydrogen-bond acceptors (Lipinski definition) is 4. The number of furan rings is 1. The molecule has 2 aromatic rings. The molecule has 3 rings (SSSR count). The fraction of sp³-hybridized carbons (Fsp3) is 0.529. The van der Waals surface area contributed by atoms with Gasteiger partial charge in [-0.1, -0.05) is 0 Å². The van der Waals surface area contributed by atoms with Crippen molar-refractivity contribution in [3.05, 3.63) is 41.1 Å². The number of hydrogen-bond donors (Lipinski definition) is 3. The van der Waals surface area contributed by atoms with Gasteiger partial charge in [0.1, 0.15) is 11.5 Å². The second-order valence-electron chi connectivity index (χ2n) is 6.23. The summed E-state index contributed by atoms with van der Waals surface area (Å²) in [5.41, 5.74) is 2.15. The van der Waals surface area contributed by atoms with Crippen molar-refractivity contribution in [2.75, 3.05) is 6.61 Å². The van der Waals surface area contributed by atoms with Gasteiger partial charge in [0.2, 0.25) is 0 Å². The third-order valence-corrected chi connectivity index (χ3v) is 4.42. The van der Waals surface area contributed by atoms with Crippen LogP contribution in [0.5, 0.6) is 0 Å². The summed E-state index contributed by atoms with van der Waals surface area (Å²) < 4.78 is 7.37. The molecule has 2 aromatic heterocycles. The molecule has 0 bridgehead atoms. The van der Waals surface area contributed by atoms with Crippen molar-refractivity contribution in [2.24, 2.45) is 0 Å². The van der Waals surface area contributed by atoms with E-state index in [9.17, 15) is 4.79 Å². The highest BCUT2D eigenvalue weighted by atomic mass is 16.3. The van der Waals surface area contributed by atoms with Crippen LogP contribution in [0, 0.1) is 6.92 Å². The zero-order valence-electron chi connectivity index (χ0n) is 14.1. The van der Waals surface area contributed by atoms with E-state index in [1.165, 1.54) is 0 Å². The molecular weight excluding hydrogens is 308 g/mol. The fourth-order valence-electron chi connectivity index (χ4n) is 3.21. The Bertz CT molecular complexity index is 707. The largest absolute Gasteiger partial charge is 0.464 e. The molecule has 0 aliphatic heterocycles. The Kier molecular flexibility index (Phi) is 4.89. The van der Waals surface area contributed by atoms with Crippen molar-refractivity contribution in [3.8, 4) is 0 Å². The Morgan fingerprint density at radius 2 is 2.38 bits per heavy atom. The van der Waals surface area contributed by atoms with Crippen LogP contribution < -0.4 is 10.6 Å². The lowest BCUT2D eigenvalue weighted by atomic mass is 9.93. The van der Waals surface area contributed by atoms with Gasteiger partial charge < -0.3 is 20.2 Å². The monoisotopic (exact) mass is 332 g/mol. The van der Waals surface area contributed by atoms with Gasteiger partial charge in [0.15, 0.2) is 0 Å². The van der Waals surface area contributed by atoms with E-state index in [0.29, 0.717) is 6.54 Å². The van der Waals surface area contributed by atoms with E-state index < -0.39 is 0 Å². The number of nitrogens with zero attached hydrogens (tertiary/aromatic N) is 2. The summed E-state index contributed by atoms with van der Waals surface area (Å²) >= 11 is 0. The summed E-state index contributed by atoms with van der Waals surface area (Å²) in [6.45, 7) is 4.32. The van der Waals surface area contributed by atoms with Crippen LogP contribution in [0.1, 0.15) is 54.6 Å². The van der Waals surface area contributed by atoms with Crippen LogP contribution in [-0.4, -0.2) is 27.5 Å². The van der Waals surface area contributed by atoms with Gasteiger partial charge in [-0.05, 0) is 45.2 Å². The predicted molar refractivity (Wildman–Crippen MR) is 88.5 cm³/mol. The molecule has 2 heterocycles. The molecule has 1 aliphatic carbocycles. The van der Waals surface area contributed by atoms with Crippen molar-refractivity contribution in [1.82, 2.24) is 20.4 Å². The average molecular weight is 332 g/mol. The molecule has 0 aromatic carbocycles. The highest BCUT2D eigenvalue weighted by Crippen LogP contribution is 2.29. The average Bonchev–Trinajstić information content (AvgIpc) is 3.15. The Morgan fingerprint density at radius 3 is 3.08 bits per heavy atom. The predicted octanol–water partition coefficient (Wildman–Crippen LogP) is 2.21. The number of nitrogens with one attached hydrogen (secondary N) is 2. The van der Waals surface area contributed by atoms with Crippen molar-refractivity contribution in [1.29, 1.82) is 0 Å². The number of aromatic nitrogens is 2. The first-order valence-corrected chi connectivity index (χ1v) is 8.37. The molecule has 0 radical (unpaired) electrons. The molecule has 0 unspecified atom stereocenters. The third-order valence-electron chi connectivity index (χ3n) is 4.42. The summed E-state index contributed by atoms with van der Waals surface area (Å²) in [7, 11) is 0. The van der Waals surface area contributed by atoms with E-state index >= 15 is 0 Å². The molecule has 0 saturated heterocycles. The molecule has 130 valence electrons. The first kappa shape index (κ1) is 16.6. The number of carbonyl (C=O) groups excluding carboxylic acids is 1. The zero-order chi connectivity index (χ0) is 17.1. The van der Waals surface area contributed by atoms with Gasteiger partial charge in [-0.15, -0.1) is 0 Å². The molecule has 0 saturated carbocycles. The summed E-state index contributed by atoms with van der Waals surface area (Å²) in [6, 6.07) is 3.29. The van der Waals surface area contributed by atoms with Crippen LogP contribution in [-0.2, 0) is 13.0 Å². The van der Waals surface area contributed by atoms with Gasteiger partial charge in [-0.3, -0.25) is 4.68 Å².